The molecule has 3 rings (SSSR count). The Labute approximate surface area is 165 Å². The van der Waals surface area contributed by atoms with E-state index >= 15 is 0 Å². The third-order valence-electron chi connectivity index (χ3n) is 5.36. The number of esters is 2. The van der Waals surface area contributed by atoms with Crippen LogP contribution in [0.1, 0.15) is 30.9 Å². The van der Waals surface area contributed by atoms with Crippen molar-refractivity contribution in [3.05, 3.63) is 71.8 Å². The van der Waals surface area contributed by atoms with Gasteiger partial charge in [0.1, 0.15) is 0 Å². The maximum Gasteiger partial charge on any atom is 0.345 e. The molecule has 0 heterocycles. The lowest BCUT2D eigenvalue weighted by molar-refractivity contribution is -0.164. The molecule has 0 saturated heterocycles. The van der Waals surface area contributed by atoms with Gasteiger partial charge in [-0.3, -0.25) is 4.99 Å². The Kier molecular flexibility index (Phi) is 5.93. The number of carbonyl (C=O) groups is 2. The summed E-state index contributed by atoms with van der Waals surface area (Å²) in [4.78, 5) is 30.8. The van der Waals surface area contributed by atoms with E-state index in [1.54, 1.807) is 0 Å². The molecule has 0 radical (unpaired) electrons. The van der Waals surface area contributed by atoms with Crippen LogP contribution in [0.2, 0.25) is 0 Å². The van der Waals surface area contributed by atoms with Crippen molar-refractivity contribution in [3.63, 3.8) is 0 Å². The van der Waals surface area contributed by atoms with Crippen LogP contribution in [0.25, 0.3) is 0 Å². The van der Waals surface area contributed by atoms with E-state index < -0.39 is 17.5 Å². The van der Waals surface area contributed by atoms with Gasteiger partial charge in [0.25, 0.3) is 5.54 Å². The van der Waals surface area contributed by atoms with E-state index in [2.05, 4.69) is 0 Å². The largest absolute Gasteiger partial charge is 0.467 e. The predicted molar refractivity (Wildman–Crippen MR) is 107 cm³/mol. The van der Waals surface area contributed by atoms with Crippen molar-refractivity contribution in [2.75, 3.05) is 14.2 Å². The Morgan fingerprint density at radius 2 is 1.32 bits per heavy atom. The normalized spacial score (nSPS) is 14.7. The van der Waals surface area contributed by atoms with Crippen molar-refractivity contribution in [1.29, 1.82) is 0 Å². The van der Waals surface area contributed by atoms with Crippen LogP contribution in [0, 0.1) is 11.8 Å². The Morgan fingerprint density at radius 3 is 1.68 bits per heavy atom. The molecule has 1 saturated carbocycles. The summed E-state index contributed by atoms with van der Waals surface area (Å²) in [5, 5.41) is 0. The van der Waals surface area contributed by atoms with Gasteiger partial charge in [-0.15, -0.1) is 0 Å². The molecule has 2 aromatic carbocycles. The lowest BCUT2D eigenvalue weighted by atomic mass is 9.81. The van der Waals surface area contributed by atoms with Gasteiger partial charge in [-0.25, -0.2) is 9.59 Å². The fourth-order valence-corrected chi connectivity index (χ4v) is 3.56. The van der Waals surface area contributed by atoms with Gasteiger partial charge in [-0.2, -0.15) is 0 Å². The molecule has 0 N–H and O–H groups in total. The second-order valence-corrected chi connectivity index (χ2v) is 7.07. The van der Waals surface area contributed by atoms with Gasteiger partial charge < -0.3 is 9.47 Å². The van der Waals surface area contributed by atoms with Crippen molar-refractivity contribution >= 4 is 17.7 Å². The molecular formula is C23H25NO4. The minimum absolute atomic E-state index is 0.231. The summed E-state index contributed by atoms with van der Waals surface area (Å²) in [5.41, 5.74) is 0.443. The fraction of sp³-hybridized carbons (Fsp3) is 0.348. The first-order chi connectivity index (χ1) is 13.5. The third kappa shape index (κ3) is 3.70. The molecule has 146 valence electrons. The van der Waals surface area contributed by atoms with E-state index in [1.807, 2.05) is 67.6 Å². The number of nitrogens with zero attached hydrogens (tertiary/aromatic N) is 1. The first-order valence-corrected chi connectivity index (χ1v) is 9.42. The molecule has 28 heavy (non-hydrogen) atoms. The maximum atomic E-state index is 13.0. The van der Waals surface area contributed by atoms with E-state index in [0.29, 0.717) is 5.71 Å². The van der Waals surface area contributed by atoms with Gasteiger partial charge in [0.2, 0.25) is 0 Å². The molecule has 0 bridgehead atoms. The molecule has 1 aliphatic carbocycles. The van der Waals surface area contributed by atoms with Crippen LogP contribution < -0.4 is 0 Å². The lowest BCUT2D eigenvalue weighted by Crippen LogP contribution is -2.53. The molecule has 5 nitrogen and oxygen atoms in total. The number of benzene rings is 2. The van der Waals surface area contributed by atoms with Crippen LogP contribution in [0.5, 0.6) is 0 Å². The van der Waals surface area contributed by atoms with Crippen LogP contribution in [-0.2, 0) is 19.1 Å². The third-order valence-corrected chi connectivity index (χ3v) is 5.36. The number of hydrogen-bond donors (Lipinski definition) is 0. The minimum Gasteiger partial charge on any atom is -0.467 e. The quantitative estimate of drug-likeness (QED) is 0.418. The van der Waals surface area contributed by atoms with Crippen molar-refractivity contribution in [1.82, 2.24) is 0 Å². The van der Waals surface area contributed by atoms with Gasteiger partial charge in [0, 0.05) is 17.0 Å². The van der Waals surface area contributed by atoms with Crippen LogP contribution in [0.3, 0.4) is 0 Å². The van der Waals surface area contributed by atoms with Gasteiger partial charge >= 0.3 is 11.9 Å². The SMILES string of the molecule is COC(=O)C(N=C(c1ccccc1)c1ccccc1)(C(=O)OC)C(C)C1CC1. The number of rotatable bonds is 7. The lowest BCUT2D eigenvalue weighted by Gasteiger charge is -2.31. The number of ether oxygens (including phenoxy) is 2. The number of aliphatic imine (C=N–C) groups is 1. The maximum absolute atomic E-state index is 13.0. The second kappa shape index (κ2) is 8.38. The zero-order valence-corrected chi connectivity index (χ0v) is 16.4. The Hall–Kier alpha value is -2.95. The van der Waals surface area contributed by atoms with Crippen molar-refractivity contribution in [2.45, 2.75) is 25.3 Å². The molecule has 0 aromatic heterocycles. The van der Waals surface area contributed by atoms with Crippen LogP contribution in [0.4, 0.5) is 0 Å². The standard InChI is InChI=1S/C23H25NO4/c1-16(17-14-15-17)23(21(25)27-2,22(26)28-3)24-20(18-10-6-4-7-11-18)19-12-8-5-9-13-19/h4-13,16-17H,14-15H2,1-3H3. The zero-order chi connectivity index (χ0) is 20.1. The summed E-state index contributed by atoms with van der Waals surface area (Å²) in [6, 6.07) is 19.1. The summed E-state index contributed by atoms with van der Waals surface area (Å²) in [6.45, 7) is 1.88. The van der Waals surface area contributed by atoms with E-state index in [1.165, 1.54) is 14.2 Å². The molecule has 2 aromatic rings. The molecule has 0 spiro atoms. The molecule has 1 aliphatic rings. The Bertz CT molecular complexity index is 799. The predicted octanol–water partition coefficient (Wildman–Crippen LogP) is 3.65. The molecule has 1 fully saturated rings. The average Bonchev–Trinajstić information content (AvgIpc) is 3.60. The van der Waals surface area contributed by atoms with Gasteiger partial charge in [-0.1, -0.05) is 67.6 Å². The van der Waals surface area contributed by atoms with Crippen molar-refractivity contribution < 1.29 is 19.1 Å². The highest BCUT2D eigenvalue weighted by molar-refractivity contribution is 6.16. The van der Waals surface area contributed by atoms with Crippen LogP contribution in [-0.4, -0.2) is 37.4 Å². The minimum atomic E-state index is -1.74. The molecule has 0 amide bonds. The summed E-state index contributed by atoms with van der Waals surface area (Å²) in [5.74, 6) is -1.49. The topological polar surface area (TPSA) is 65.0 Å². The molecule has 0 aliphatic heterocycles. The zero-order valence-electron chi connectivity index (χ0n) is 16.4. The second-order valence-electron chi connectivity index (χ2n) is 7.07. The number of methoxy groups -OCH3 is 2. The first kappa shape index (κ1) is 19.8. The van der Waals surface area contributed by atoms with E-state index in [9.17, 15) is 9.59 Å². The van der Waals surface area contributed by atoms with Crippen LogP contribution in [0.15, 0.2) is 65.7 Å². The highest BCUT2D eigenvalue weighted by atomic mass is 16.5. The molecule has 1 atom stereocenters. The van der Waals surface area contributed by atoms with E-state index in [0.717, 1.165) is 24.0 Å². The summed E-state index contributed by atoms with van der Waals surface area (Å²) >= 11 is 0. The van der Waals surface area contributed by atoms with Gasteiger partial charge in [0.05, 0.1) is 19.9 Å². The average molecular weight is 379 g/mol. The number of hydrogen-bond acceptors (Lipinski definition) is 5. The van der Waals surface area contributed by atoms with Crippen molar-refractivity contribution in [2.24, 2.45) is 16.8 Å². The Morgan fingerprint density at radius 1 is 0.893 bits per heavy atom. The van der Waals surface area contributed by atoms with Gasteiger partial charge in [0.15, 0.2) is 0 Å². The Balaban J connectivity index is 2.27. The summed E-state index contributed by atoms with van der Waals surface area (Å²) in [7, 11) is 2.56. The molecule has 1 unspecified atom stereocenters. The van der Waals surface area contributed by atoms with Crippen molar-refractivity contribution in [3.8, 4) is 0 Å². The summed E-state index contributed by atoms with van der Waals surface area (Å²) < 4.78 is 10.1. The van der Waals surface area contributed by atoms with E-state index in [-0.39, 0.29) is 11.8 Å². The highest BCUT2D eigenvalue weighted by Crippen LogP contribution is 2.45. The molecular weight excluding hydrogens is 354 g/mol. The monoisotopic (exact) mass is 379 g/mol. The fourth-order valence-electron chi connectivity index (χ4n) is 3.56. The van der Waals surface area contributed by atoms with Crippen LogP contribution >= 0.6 is 0 Å². The van der Waals surface area contributed by atoms with E-state index in [4.69, 9.17) is 14.5 Å². The number of carbonyl (C=O) groups excluding carboxylic acids is 2. The first-order valence-electron chi connectivity index (χ1n) is 9.42. The summed E-state index contributed by atoms with van der Waals surface area (Å²) in [6.07, 6.45) is 1.91. The molecule has 5 heteroatoms. The highest BCUT2D eigenvalue weighted by Gasteiger charge is 2.57. The smallest absolute Gasteiger partial charge is 0.345 e. The van der Waals surface area contributed by atoms with Gasteiger partial charge in [-0.05, 0) is 18.8 Å².